The zero-order valence-corrected chi connectivity index (χ0v) is 23.3. The summed E-state index contributed by atoms with van der Waals surface area (Å²) in [5.41, 5.74) is 2.35. The van der Waals surface area contributed by atoms with E-state index in [9.17, 15) is 18.4 Å². The van der Waals surface area contributed by atoms with E-state index in [-0.39, 0.29) is 47.3 Å². The maximum absolute atomic E-state index is 14.9. The van der Waals surface area contributed by atoms with Crippen molar-refractivity contribution >= 4 is 24.3 Å². The van der Waals surface area contributed by atoms with Gasteiger partial charge in [-0.3, -0.25) is 14.5 Å². The minimum Gasteiger partial charge on any atom is -0.461 e. The number of hydrogen-bond acceptors (Lipinski definition) is 4. The van der Waals surface area contributed by atoms with Crippen LogP contribution in [-0.2, 0) is 26.2 Å². The first kappa shape index (κ1) is 28.5. The summed E-state index contributed by atoms with van der Waals surface area (Å²) in [6.07, 6.45) is 1.88. The zero-order chi connectivity index (χ0) is 26.5. The number of amides is 1. The standard InChI is InChI=1S/C30H36F2N2O3.ClH/c1-19(35)37-27-15-20-7-5-6-8-25(20)30(27)11-13-33(14-12-30)28(36)24-18-34(29(2,3)4)17-23(24)22-10-9-21(31)16-26(22)32;/h5-10,16,23-24,27H,11-15,17-18H2,1-4H3;1H/t23-,24?,27+;/m0./s1. The van der Waals surface area contributed by atoms with E-state index >= 15 is 0 Å². The lowest BCUT2D eigenvalue weighted by Gasteiger charge is -2.44. The normalized spacial score (nSPS) is 24.7. The van der Waals surface area contributed by atoms with Crippen molar-refractivity contribution in [2.75, 3.05) is 26.2 Å². The molecule has 2 saturated heterocycles. The highest BCUT2D eigenvalue weighted by molar-refractivity contribution is 5.85. The van der Waals surface area contributed by atoms with E-state index in [2.05, 4.69) is 37.8 Å². The lowest BCUT2D eigenvalue weighted by molar-refractivity contribution is -0.152. The molecule has 1 spiro atoms. The van der Waals surface area contributed by atoms with Gasteiger partial charge in [0, 0.05) is 62.5 Å². The molecule has 8 heteroatoms. The molecule has 1 aliphatic carbocycles. The molecule has 2 aromatic carbocycles. The summed E-state index contributed by atoms with van der Waals surface area (Å²) in [5, 5.41) is 0. The van der Waals surface area contributed by atoms with E-state index in [0.717, 1.165) is 6.07 Å². The summed E-state index contributed by atoms with van der Waals surface area (Å²) >= 11 is 0. The zero-order valence-electron chi connectivity index (χ0n) is 22.5. The molecule has 3 atom stereocenters. The van der Waals surface area contributed by atoms with Crippen molar-refractivity contribution in [2.24, 2.45) is 5.92 Å². The van der Waals surface area contributed by atoms with Crippen LogP contribution in [0.1, 0.15) is 63.1 Å². The maximum atomic E-state index is 14.9. The molecule has 0 radical (unpaired) electrons. The van der Waals surface area contributed by atoms with Gasteiger partial charge >= 0.3 is 5.97 Å². The third kappa shape index (κ3) is 5.07. The average molecular weight is 547 g/mol. The second-order valence-electron chi connectivity index (χ2n) is 11.9. The molecule has 1 unspecified atom stereocenters. The van der Waals surface area contributed by atoms with Crippen molar-refractivity contribution in [3.8, 4) is 0 Å². The SMILES string of the molecule is CC(=O)O[C@@H]1Cc2ccccc2C12CCN(C(=O)C1CN(C(C)(C)C)C[C@H]1c1ccc(F)cc1F)CC2.Cl. The van der Waals surface area contributed by atoms with Crippen LogP contribution in [-0.4, -0.2) is 59.5 Å². The van der Waals surface area contributed by atoms with Crippen LogP contribution in [0.25, 0.3) is 0 Å². The molecule has 0 aromatic heterocycles. The number of likely N-dealkylation sites (tertiary alicyclic amines) is 2. The smallest absolute Gasteiger partial charge is 0.302 e. The summed E-state index contributed by atoms with van der Waals surface area (Å²) in [4.78, 5) is 30.0. The first-order valence-electron chi connectivity index (χ1n) is 13.2. The summed E-state index contributed by atoms with van der Waals surface area (Å²) in [6, 6.07) is 11.9. The van der Waals surface area contributed by atoms with Crippen LogP contribution >= 0.6 is 12.4 Å². The first-order valence-corrected chi connectivity index (χ1v) is 13.2. The topological polar surface area (TPSA) is 49.9 Å². The monoisotopic (exact) mass is 546 g/mol. The van der Waals surface area contributed by atoms with E-state index in [0.29, 0.717) is 51.0 Å². The summed E-state index contributed by atoms with van der Waals surface area (Å²) in [5.74, 6) is -2.23. The molecule has 0 N–H and O–H groups in total. The van der Waals surface area contributed by atoms with Gasteiger partial charge in [-0.2, -0.15) is 0 Å². The van der Waals surface area contributed by atoms with Gasteiger partial charge < -0.3 is 9.64 Å². The largest absolute Gasteiger partial charge is 0.461 e. The van der Waals surface area contributed by atoms with Gasteiger partial charge in [0.05, 0.1) is 5.92 Å². The average Bonchev–Trinajstić information content (AvgIpc) is 3.40. The van der Waals surface area contributed by atoms with Gasteiger partial charge in [0.2, 0.25) is 5.91 Å². The van der Waals surface area contributed by atoms with Crippen LogP contribution in [0.15, 0.2) is 42.5 Å². The number of ether oxygens (including phenoxy) is 1. The Balaban J connectivity index is 0.00000336. The Morgan fingerprint density at radius 1 is 1.03 bits per heavy atom. The molecule has 0 bridgehead atoms. The second kappa shape index (κ2) is 10.6. The number of nitrogens with zero attached hydrogens (tertiary/aromatic N) is 2. The fraction of sp³-hybridized carbons (Fsp3) is 0.533. The number of benzene rings is 2. The molecule has 2 fully saturated rings. The molecular formula is C30H37ClF2N2O3. The van der Waals surface area contributed by atoms with Gasteiger partial charge in [-0.25, -0.2) is 8.78 Å². The molecule has 5 nitrogen and oxygen atoms in total. The van der Waals surface area contributed by atoms with Crippen LogP contribution in [0.2, 0.25) is 0 Å². The molecule has 2 aliphatic heterocycles. The van der Waals surface area contributed by atoms with E-state index in [1.54, 1.807) is 0 Å². The third-order valence-electron chi connectivity index (χ3n) is 8.80. The number of carbonyl (C=O) groups is 2. The fourth-order valence-electron chi connectivity index (χ4n) is 6.78. The van der Waals surface area contributed by atoms with Crippen LogP contribution in [0, 0.1) is 17.6 Å². The predicted octanol–water partition coefficient (Wildman–Crippen LogP) is 5.25. The van der Waals surface area contributed by atoms with Gasteiger partial charge in [-0.15, -0.1) is 12.4 Å². The Morgan fingerprint density at radius 3 is 2.34 bits per heavy atom. The minimum atomic E-state index is -0.615. The Bertz CT molecular complexity index is 1210. The van der Waals surface area contributed by atoms with Gasteiger partial charge in [0.15, 0.2) is 0 Å². The Labute approximate surface area is 229 Å². The molecule has 38 heavy (non-hydrogen) atoms. The number of halogens is 3. The molecular weight excluding hydrogens is 510 g/mol. The number of esters is 1. The first-order chi connectivity index (χ1) is 17.5. The highest BCUT2D eigenvalue weighted by Gasteiger charge is 2.52. The van der Waals surface area contributed by atoms with Crippen LogP contribution in [0.5, 0.6) is 0 Å². The molecule has 0 saturated carbocycles. The number of rotatable bonds is 3. The van der Waals surface area contributed by atoms with Gasteiger partial charge in [-0.1, -0.05) is 30.3 Å². The van der Waals surface area contributed by atoms with Crippen molar-refractivity contribution in [3.63, 3.8) is 0 Å². The van der Waals surface area contributed by atoms with E-state index in [1.807, 2.05) is 17.0 Å². The molecule has 1 amide bonds. The third-order valence-corrected chi connectivity index (χ3v) is 8.80. The van der Waals surface area contributed by atoms with Gasteiger partial charge in [-0.05, 0) is 56.4 Å². The van der Waals surface area contributed by atoms with E-state index in [1.165, 1.54) is 30.2 Å². The Hall–Kier alpha value is -2.51. The van der Waals surface area contributed by atoms with Crippen molar-refractivity contribution < 1.29 is 23.1 Å². The van der Waals surface area contributed by atoms with Crippen LogP contribution < -0.4 is 0 Å². The van der Waals surface area contributed by atoms with E-state index < -0.39 is 17.6 Å². The van der Waals surface area contributed by atoms with Crippen molar-refractivity contribution in [1.82, 2.24) is 9.80 Å². The lowest BCUT2D eigenvalue weighted by Crippen LogP contribution is -2.52. The summed E-state index contributed by atoms with van der Waals surface area (Å²) in [6.45, 7) is 9.91. The lowest BCUT2D eigenvalue weighted by atomic mass is 9.72. The van der Waals surface area contributed by atoms with Crippen molar-refractivity contribution in [1.29, 1.82) is 0 Å². The number of fused-ring (bicyclic) bond motifs is 2. The van der Waals surface area contributed by atoms with Gasteiger partial charge in [0.1, 0.15) is 17.7 Å². The second-order valence-corrected chi connectivity index (χ2v) is 11.9. The summed E-state index contributed by atoms with van der Waals surface area (Å²) in [7, 11) is 0. The fourth-order valence-corrected chi connectivity index (χ4v) is 6.78. The summed E-state index contributed by atoms with van der Waals surface area (Å²) < 4.78 is 34.3. The number of carbonyl (C=O) groups excluding carboxylic acids is 2. The molecule has 2 aromatic rings. The Kier molecular flexibility index (Phi) is 7.93. The van der Waals surface area contributed by atoms with Crippen LogP contribution in [0.4, 0.5) is 8.78 Å². The van der Waals surface area contributed by atoms with E-state index in [4.69, 9.17) is 4.74 Å². The molecule has 2 heterocycles. The molecule has 206 valence electrons. The number of hydrogen-bond donors (Lipinski definition) is 0. The predicted molar refractivity (Wildman–Crippen MR) is 144 cm³/mol. The number of piperidine rings is 1. The van der Waals surface area contributed by atoms with Crippen LogP contribution in [0.3, 0.4) is 0 Å². The quantitative estimate of drug-likeness (QED) is 0.494. The van der Waals surface area contributed by atoms with Crippen molar-refractivity contribution in [3.05, 3.63) is 70.8 Å². The highest BCUT2D eigenvalue weighted by atomic mass is 35.5. The van der Waals surface area contributed by atoms with Crippen molar-refractivity contribution in [2.45, 2.75) is 69.9 Å². The maximum Gasteiger partial charge on any atom is 0.302 e. The minimum absolute atomic E-state index is 0. The Morgan fingerprint density at radius 2 is 1.71 bits per heavy atom. The molecule has 3 aliphatic rings. The molecule has 5 rings (SSSR count). The highest BCUT2D eigenvalue weighted by Crippen LogP contribution is 2.48. The van der Waals surface area contributed by atoms with Gasteiger partial charge in [0.25, 0.3) is 0 Å².